The van der Waals surface area contributed by atoms with Crippen molar-refractivity contribution < 1.29 is 19.4 Å². The second-order valence-electron chi connectivity index (χ2n) is 5.65. The molecule has 2 rings (SSSR count). The molecule has 0 fully saturated rings. The summed E-state index contributed by atoms with van der Waals surface area (Å²) in [5.74, 6) is -1.07. The van der Waals surface area contributed by atoms with Crippen LogP contribution in [-0.4, -0.2) is 28.0 Å². The molecule has 2 aromatic rings. The number of ether oxygens (including phenoxy) is 1. The molecule has 0 unspecified atom stereocenters. The second kappa shape index (κ2) is 9.17. The fraction of sp³-hybridized carbons (Fsp3) is 0.389. The van der Waals surface area contributed by atoms with Gasteiger partial charge in [0, 0.05) is 5.38 Å². The number of benzene rings is 1. The van der Waals surface area contributed by atoms with Crippen LogP contribution in [0.3, 0.4) is 0 Å². The number of rotatable bonds is 9. The van der Waals surface area contributed by atoms with Crippen LogP contribution in [0.25, 0.3) is 0 Å². The SMILES string of the molecule is CCCC[C@H](NC(=O)c1ccccc1OCc1csc(C)n1)C(=O)O. The first-order valence-electron chi connectivity index (χ1n) is 8.17. The highest BCUT2D eigenvalue weighted by molar-refractivity contribution is 7.09. The molecule has 2 N–H and O–H groups in total. The Balaban J connectivity index is 2.07. The first-order chi connectivity index (χ1) is 12.0. The lowest BCUT2D eigenvalue weighted by molar-refractivity contribution is -0.139. The van der Waals surface area contributed by atoms with Crippen LogP contribution in [0.15, 0.2) is 29.6 Å². The highest BCUT2D eigenvalue weighted by atomic mass is 32.1. The molecule has 0 spiro atoms. The third kappa shape index (κ3) is 5.56. The van der Waals surface area contributed by atoms with Crippen molar-refractivity contribution in [3.05, 3.63) is 45.9 Å². The van der Waals surface area contributed by atoms with Crippen LogP contribution < -0.4 is 10.1 Å². The van der Waals surface area contributed by atoms with Gasteiger partial charge in [0.1, 0.15) is 18.4 Å². The maximum Gasteiger partial charge on any atom is 0.326 e. The van der Waals surface area contributed by atoms with E-state index < -0.39 is 17.9 Å². The highest BCUT2D eigenvalue weighted by Crippen LogP contribution is 2.20. The fourth-order valence-corrected chi connectivity index (χ4v) is 2.91. The number of hydrogen-bond acceptors (Lipinski definition) is 5. The third-order valence-corrected chi connectivity index (χ3v) is 4.45. The molecule has 0 saturated heterocycles. The van der Waals surface area contributed by atoms with Gasteiger partial charge in [0.15, 0.2) is 0 Å². The topological polar surface area (TPSA) is 88.5 Å². The molecule has 0 aliphatic carbocycles. The molecule has 1 heterocycles. The number of carbonyl (C=O) groups excluding carboxylic acids is 1. The summed E-state index contributed by atoms with van der Waals surface area (Å²) in [5, 5.41) is 14.7. The average molecular weight is 362 g/mol. The molecular weight excluding hydrogens is 340 g/mol. The Morgan fingerprint density at radius 2 is 2.12 bits per heavy atom. The van der Waals surface area contributed by atoms with Crippen molar-refractivity contribution in [2.45, 2.75) is 45.8 Å². The number of unbranched alkanes of at least 4 members (excludes halogenated alkanes) is 1. The Labute approximate surface area is 150 Å². The van der Waals surface area contributed by atoms with E-state index >= 15 is 0 Å². The summed E-state index contributed by atoms with van der Waals surface area (Å²) in [6, 6.07) is 5.90. The first-order valence-corrected chi connectivity index (χ1v) is 9.05. The first kappa shape index (κ1) is 18.9. The molecule has 1 atom stereocenters. The predicted molar refractivity (Wildman–Crippen MR) is 96.0 cm³/mol. The van der Waals surface area contributed by atoms with Gasteiger partial charge in [-0.1, -0.05) is 31.9 Å². The zero-order valence-electron chi connectivity index (χ0n) is 14.3. The maximum atomic E-state index is 12.5. The van der Waals surface area contributed by atoms with Crippen LogP contribution in [0.4, 0.5) is 0 Å². The molecule has 1 aromatic heterocycles. The van der Waals surface area contributed by atoms with E-state index in [-0.39, 0.29) is 6.61 Å². The van der Waals surface area contributed by atoms with Gasteiger partial charge in [-0.25, -0.2) is 9.78 Å². The molecule has 1 amide bonds. The van der Waals surface area contributed by atoms with E-state index in [0.29, 0.717) is 17.7 Å². The van der Waals surface area contributed by atoms with E-state index in [1.165, 1.54) is 11.3 Å². The molecule has 1 aromatic carbocycles. The van der Waals surface area contributed by atoms with Crippen molar-refractivity contribution in [2.24, 2.45) is 0 Å². The van der Waals surface area contributed by atoms with Crippen LogP contribution in [0.1, 0.15) is 47.2 Å². The Hall–Kier alpha value is -2.41. The van der Waals surface area contributed by atoms with Gasteiger partial charge < -0.3 is 15.2 Å². The molecule has 25 heavy (non-hydrogen) atoms. The second-order valence-corrected chi connectivity index (χ2v) is 6.71. The Morgan fingerprint density at radius 1 is 1.36 bits per heavy atom. The van der Waals surface area contributed by atoms with Crippen LogP contribution in [-0.2, 0) is 11.4 Å². The smallest absolute Gasteiger partial charge is 0.326 e. The number of hydrogen-bond donors (Lipinski definition) is 2. The van der Waals surface area contributed by atoms with Crippen LogP contribution in [0.5, 0.6) is 5.75 Å². The molecule has 0 bridgehead atoms. The number of amides is 1. The zero-order chi connectivity index (χ0) is 18.2. The number of aryl methyl sites for hydroxylation is 1. The molecule has 0 aliphatic rings. The van der Waals surface area contributed by atoms with Crippen molar-refractivity contribution in [3.8, 4) is 5.75 Å². The standard InChI is InChI=1S/C18H22N2O4S/c1-3-4-8-15(18(22)23)20-17(21)14-7-5-6-9-16(14)24-10-13-11-25-12(2)19-13/h5-7,9,11,15H,3-4,8,10H2,1-2H3,(H,20,21)(H,22,23)/t15-/m0/s1. The minimum absolute atomic E-state index is 0.257. The van der Waals surface area contributed by atoms with E-state index in [1.807, 2.05) is 19.2 Å². The van der Waals surface area contributed by atoms with Crippen molar-refractivity contribution in [2.75, 3.05) is 0 Å². The summed E-state index contributed by atoms with van der Waals surface area (Å²) in [4.78, 5) is 28.1. The maximum absolute atomic E-state index is 12.5. The van der Waals surface area contributed by atoms with E-state index in [2.05, 4.69) is 10.3 Å². The monoisotopic (exact) mass is 362 g/mol. The summed E-state index contributed by atoms with van der Waals surface area (Å²) >= 11 is 1.53. The lowest BCUT2D eigenvalue weighted by atomic mass is 10.1. The molecule has 0 radical (unpaired) electrons. The summed E-state index contributed by atoms with van der Waals surface area (Å²) < 4.78 is 5.72. The van der Waals surface area contributed by atoms with Gasteiger partial charge in [-0.05, 0) is 25.5 Å². The summed E-state index contributed by atoms with van der Waals surface area (Å²) in [7, 11) is 0. The third-order valence-electron chi connectivity index (χ3n) is 3.62. The van der Waals surface area contributed by atoms with Gasteiger partial charge in [-0.15, -0.1) is 11.3 Å². The van der Waals surface area contributed by atoms with E-state index in [9.17, 15) is 14.7 Å². The number of aromatic nitrogens is 1. The van der Waals surface area contributed by atoms with Gasteiger partial charge in [0.05, 0.1) is 16.3 Å². The average Bonchev–Trinajstić information content (AvgIpc) is 3.02. The Bertz CT molecular complexity index is 729. The van der Waals surface area contributed by atoms with Crippen molar-refractivity contribution in [1.82, 2.24) is 10.3 Å². The molecule has 0 saturated carbocycles. The number of carbonyl (C=O) groups is 2. The van der Waals surface area contributed by atoms with Gasteiger partial charge in [0.25, 0.3) is 5.91 Å². The summed E-state index contributed by atoms with van der Waals surface area (Å²) in [6.45, 7) is 4.15. The minimum atomic E-state index is -1.03. The van der Waals surface area contributed by atoms with Gasteiger partial charge >= 0.3 is 5.97 Å². The van der Waals surface area contributed by atoms with Gasteiger partial charge in [-0.2, -0.15) is 0 Å². The van der Waals surface area contributed by atoms with E-state index in [1.54, 1.807) is 24.3 Å². The van der Waals surface area contributed by atoms with Gasteiger partial charge in [0.2, 0.25) is 0 Å². The van der Waals surface area contributed by atoms with Crippen molar-refractivity contribution >= 4 is 23.2 Å². The number of nitrogens with one attached hydrogen (secondary N) is 1. The molecular formula is C18H22N2O4S. The fourth-order valence-electron chi connectivity index (χ4n) is 2.31. The molecule has 0 aliphatic heterocycles. The van der Waals surface area contributed by atoms with Crippen molar-refractivity contribution in [3.63, 3.8) is 0 Å². The molecule has 6 nitrogen and oxygen atoms in total. The predicted octanol–water partition coefficient (Wildman–Crippen LogP) is 3.40. The van der Waals surface area contributed by atoms with E-state index in [0.717, 1.165) is 23.5 Å². The van der Waals surface area contributed by atoms with E-state index in [4.69, 9.17) is 4.74 Å². The minimum Gasteiger partial charge on any atom is -0.486 e. The summed E-state index contributed by atoms with van der Waals surface area (Å²) in [6.07, 6.45) is 2.00. The number of para-hydroxylation sites is 1. The quantitative estimate of drug-likeness (QED) is 0.714. The number of carboxylic acids is 1. The van der Waals surface area contributed by atoms with Crippen LogP contribution in [0.2, 0.25) is 0 Å². The van der Waals surface area contributed by atoms with Crippen molar-refractivity contribution in [1.29, 1.82) is 0 Å². The Kier molecular flexibility index (Phi) is 6.94. The lowest BCUT2D eigenvalue weighted by Crippen LogP contribution is -2.40. The van der Waals surface area contributed by atoms with Crippen LogP contribution in [0, 0.1) is 6.92 Å². The summed E-state index contributed by atoms with van der Waals surface area (Å²) in [5.41, 5.74) is 1.11. The largest absolute Gasteiger partial charge is 0.486 e. The Morgan fingerprint density at radius 3 is 2.76 bits per heavy atom. The number of aliphatic carboxylic acids is 1. The highest BCUT2D eigenvalue weighted by Gasteiger charge is 2.22. The lowest BCUT2D eigenvalue weighted by Gasteiger charge is -2.16. The zero-order valence-corrected chi connectivity index (χ0v) is 15.1. The number of thiazole rings is 1. The normalized spacial score (nSPS) is 11.8. The molecule has 7 heteroatoms. The van der Waals surface area contributed by atoms with Gasteiger partial charge in [-0.3, -0.25) is 4.79 Å². The van der Waals surface area contributed by atoms with Crippen LogP contribution >= 0.6 is 11.3 Å². The molecule has 134 valence electrons. The number of carboxylic acid groups (broad SMARTS) is 1. The number of nitrogens with zero attached hydrogens (tertiary/aromatic N) is 1.